The zero-order valence-corrected chi connectivity index (χ0v) is 13.1. The summed E-state index contributed by atoms with van der Waals surface area (Å²) in [6, 6.07) is -0.289. The Morgan fingerprint density at radius 2 is 2.05 bits per heavy atom. The lowest BCUT2D eigenvalue weighted by Crippen LogP contribution is -2.39. The Hall–Kier alpha value is -1.20. The normalized spacial score (nSPS) is 11.4. The molecular formula is C8H15BrN6O3S. The number of amides is 2. The van der Waals surface area contributed by atoms with Gasteiger partial charge in [-0.1, -0.05) is 5.21 Å². The van der Waals surface area contributed by atoms with Gasteiger partial charge >= 0.3 is 6.03 Å². The molecule has 1 heterocycles. The molecule has 0 aliphatic rings. The van der Waals surface area contributed by atoms with Crippen LogP contribution in [0.3, 0.4) is 0 Å². The summed E-state index contributed by atoms with van der Waals surface area (Å²) in [5, 5.41) is 9.66. The number of halogens is 1. The van der Waals surface area contributed by atoms with Crippen LogP contribution in [-0.2, 0) is 17.1 Å². The third-order valence-electron chi connectivity index (χ3n) is 2.09. The maximum absolute atomic E-state index is 11.9. The molecule has 11 heteroatoms. The van der Waals surface area contributed by atoms with Crippen molar-refractivity contribution >= 4 is 32.0 Å². The lowest BCUT2D eigenvalue weighted by molar-refractivity contribution is 0.217. The fraction of sp³-hybridized carbons (Fsp3) is 0.625. The number of rotatable bonds is 5. The minimum Gasteiger partial charge on any atom is -0.337 e. The molecule has 9 nitrogen and oxygen atoms in total. The molecule has 1 aromatic rings. The van der Waals surface area contributed by atoms with Crippen LogP contribution < -0.4 is 10.0 Å². The van der Waals surface area contributed by atoms with Gasteiger partial charge in [0.25, 0.3) is 10.0 Å². The van der Waals surface area contributed by atoms with Crippen molar-refractivity contribution in [2.75, 3.05) is 27.2 Å². The quantitative estimate of drug-likeness (QED) is 0.667. The summed E-state index contributed by atoms with van der Waals surface area (Å²) in [6.45, 7) is 0.249. The third-order valence-corrected chi connectivity index (χ3v) is 4.44. The van der Waals surface area contributed by atoms with E-state index >= 15 is 0 Å². The predicted molar refractivity (Wildman–Crippen MR) is 71.0 cm³/mol. The van der Waals surface area contributed by atoms with E-state index in [1.807, 2.05) is 0 Å². The highest BCUT2D eigenvalue weighted by molar-refractivity contribution is 9.10. The molecule has 0 saturated carbocycles. The maximum atomic E-state index is 11.9. The van der Waals surface area contributed by atoms with Crippen molar-refractivity contribution in [2.24, 2.45) is 7.05 Å². The fourth-order valence-electron chi connectivity index (χ4n) is 1.19. The van der Waals surface area contributed by atoms with Gasteiger partial charge in [0, 0.05) is 34.2 Å². The number of carbonyl (C=O) groups is 1. The zero-order chi connectivity index (χ0) is 14.6. The number of hydrogen-bond donors (Lipinski definition) is 2. The van der Waals surface area contributed by atoms with Crippen molar-refractivity contribution in [2.45, 2.75) is 5.03 Å². The first-order chi connectivity index (χ1) is 8.75. The van der Waals surface area contributed by atoms with Crippen molar-refractivity contribution in [1.82, 2.24) is 29.9 Å². The van der Waals surface area contributed by atoms with Gasteiger partial charge in [-0.25, -0.2) is 22.6 Å². The summed E-state index contributed by atoms with van der Waals surface area (Å²) in [5.74, 6) is 0. The van der Waals surface area contributed by atoms with Gasteiger partial charge in [-0.05, 0) is 15.9 Å². The minimum atomic E-state index is -3.72. The Labute approximate surface area is 119 Å². The molecule has 0 bridgehead atoms. The highest BCUT2D eigenvalue weighted by Gasteiger charge is 2.23. The van der Waals surface area contributed by atoms with Gasteiger partial charge in [-0.2, -0.15) is 0 Å². The van der Waals surface area contributed by atoms with E-state index in [1.54, 1.807) is 14.1 Å². The summed E-state index contributed by atoms with van der Waals surface area (Å²) in [6.07, 6.45) is 0. The van der Waals surface area contributed by atoms with E-state index in [9.17, 15) is 13.2 Å². The molecule has 0 aliphatic carbocycles. The molecule has 2 amide bonds. The molecule has 0 aromatic carbocycles. The van der Waals surface area contributed by atoms with Crippen LogP contribution in [0.1, 0.15) is 0 Å². The van der Waals surface area contributed by atoms with Crippen LogP contribution in [-0.4, -0.2) is 61.5 Å². The second-order valence-corrected chi connectivity index (χ2v) is 6.27. The zero-order valence-electron chi connectivity index (χ0n) is 10.7. The smallest absolute Gasteiger partial charge is 0.316 e. The van der Waals surface area contributed by atoms with E-state index < -0.39 is 10.0 Å². The largest absolute Gasteiger partial charge is 0.337 e. The van der Waals surface area contributed by atoms with E-state index in [2.05, 4.69) is 36.3 Å². The van der Waals surface area contributed by atoms with Gasteiger partial charge in [0.2, 0.25) is 5.03 Å². The first kappa shape index (κ1) is 15.9. The van der Waals surface area contributed by atoms with Crippen molar-refractivity contribution in [3.05, 3.63) is 4.60 Å². The molecule has 0 unspecified atom stereocenters. The summed E-state index contributed by atoms with van der Waals surface area (Å²) >= 11 is 3.01. The van der Waals surface area contributed by atoms with Crippen LogP contribution in [0, 0.1) is 0 Å². The van der Waals surface area contributed by atoms with Crippen LogP contribution in [0.4, 0.5) is 4.79 Å². The first-order valence-electron chi connectivity index (χ1n) is 5.25. The van der Waals surface area contributed by atoms with Crippen molar-refractivity contribution in [3.63, 3.8) is 0 Å². The van der Waals surface area contributed by atoms with Crippen LogP contribution in [0.25, 0.3) is 0 Å². The molecular weight excluding hydrogens is 340 g/mol. The number of carbonyl (C=O) groups excluding carboxylic acids is 1. The molecule has 0 atom stereocenters. The van der Waals surface area contributed by atoms with Crippen LogP contribution in [0.5, 0.6) is 0 Å². The Morgan fingerprint density at radius 1 is 1.42 bits per heavy atom. The van der Waals surface area contributed by atoms with Gasteiger partial charge < -0.3 is 10.2 Å². The number of nitrogens with one attached hydrogen (secondary N) is 2. The van der Waals surface area contributed by atoms with Gasteiger partial charge in [0.05, 0.1) is 0 Å². The molecule has 0 aliphatic heterocycles. The summed E-state index contributed by atoms with van der Waals surface area (Å²) < 4.78 is 27.5. The van der Waals surface area contributed by atoms with Crippen molar-refractivity contribution in [3.8, 4) is 0 Å². The summed E-state index contributed by atoms with van der Waals surface area (Å²) in [7, 11) is 0.942. The number of nitrogens with zero attached hydrogens (tertiary/aromatic N) is 4. The highest BCUT2D eigenvalue weighted by Crippen LogP contribution is 2.16. The minimum absolute atomic E-state index is 0.0635. The average molecular weight is 355 g/mol. The number of hydrogen-bond acceptors (Lipinski definition) is 5. The van der Waals surface area contributed by atoms with Crippen LogP contribution in [0.15, 0.2) is 9.63 Å². The predicted octanol–water partition coefficient (Wildman–Crippen LogP) is -0.873. The SMILES string of the molecule is CN(C)C(=O)NCCNS(=O)(=O)c1c(Br)nnn1C. The maximum Gasteiger partial charge on any atom is 0.316 e. The molecule has 19 heavy (non-hydrogen) atoms. The molecule has 0 saturated heterocycles. The standard InChI is InChI=1S/C8H15BrN6O3S/c1-14(2)8(16)10-4-5-11-19(17,18)7-6(9)12-13-15(7)3/h11H,4-5H2,1-3H3,(H,10,16). The second kappa shape index (κ2) is 6.30. The number of sulfonamides is 1. The fourth-order valence-corrected chi connectivity index (χ4v) is 3.31. The van der Waals surface area contributed by atoms with E-state index in [0.717, 1.165) is 4.68 Å². The topological polar surface area (TPSA) is 109 Å². The lowest BCUT2D eigenvalue weighted by Gasteiger charge is -2.12. The summed E-state index contributed by atoms with van der Waals surface area (Å²) in [5.41, 5.74) is 0. The molecule has 0 radical (unpaired) electrons. The second-order valence-electron chi connectivity index (χ2n) is 3.83. The Kier molecular flexibility index (Phi) is 5.26. The Morgan fingerprint density at radius 3 is 2.53 bits per heavy atom. The first-order valence-corrected chi connectivity index (χ1v) is 7.53. The molecule has 108 valence electrons. The van der Waals surface area contributed by atoms with Gasteiger partial charge in [0.15, 0.2) is 4.60 Å². The molecule has 1 aromatic heterocycles. The van der Waals surface area contributed by atoms with Crippen molar-refractivity contribution < 1.29 is 13.2 Å². The number of aromatic nitrogens is 3. The Balaban J connectivity index is 2.56. The number of aryl methyl sites for hydroxylation is 1. The third kappa shape index (κ3) is 4.14. The average Bonchev–Trinajstić information content (AvgIpc) is 2.64. The van der Waals surface area contributed by atoms with Crippen LogP contribution in [0.2, 0.25) is 0 Å². The van der Waals surface area contributed by atoms with Crippen LogP contribution >= 0.6 is 15.9 Å². The molecule has 1 rings (SSSR count). The van der Waals surface area contributed by atoms with Crippen molar-refractivity contribution in [1.29, 1.82) is 0 Å². The summed E-state index contributed by atoms with van der Waals surface area (Å²) in [4.78, 5) is 12.6. The van der Waals surface area contributed by atoms with Gasteiger partial charge in [-0.3, -0.25) is 0 Å². The number of urea groups is 1. The monoisotopic (exact) mass is 354 g/mol. The molecule has 0 spiro atoms. The van der Waals surface area contributed by atoms with E-state index in [1.165, 1.54) is 11.9 Å². The van der Waals surface area contributed by atoms with E-state index in [4.69, 9.17) is 0 Å². The molecule has 0 fully saturated rings. The van der Waals surface area contributed by atoms with Gasteiger partial charge in [-0.15, -0.1) is 5.10 Å². The Bertz CT molecular complexity index is 535. The molecule has 2 N–H and O–H groups in total. The highest BCUT2D eigenvalue weighted by atomic mass is 79.9. The van der Waals surface area contributed by atoms with Gasteiger partial charge in [0.1, 0.15) is 0 Å². The van der Waals surface area contributed by atoms with E-state index in [-0.39, 0.29) is 28.7 Å². The lowest BCUT2D eigenvalue weighted by atomic mass is 10.6. The van der Waals surface area contributed by atoms with E-state index in [0.29, 0.717) is 0 Å².